The van der Waals surface area contributed by atoms with Crippen molar-refractivity contribution < 1.29 is 0 Å². The van der Waals surface area contributed by atoms with Gasteiger partial charge in [-0.05, 0) is 51.0 Å². The molecule has 0 spiro atoms. The largest absolute Gasteiger partial charge is 0.106 e. The Morgan fingerprint density at radius 3 is 2.29 bits per heavy atom. The van der Waals surface area contributed by atoms with E-state index in [-0.39, 0.29) is 0 Å². The van der Waals surface area contributed by atoms with Crippen molar-refractivity contribution in [3.05, 3.63) is 34.9 Å². The first-order valence-corrected chi connectivity index (χ1v) is 5.05. The molecule has 0 aromatic heterocycles. The fraction of sp³-hybridized carbons (Fsp3) is 0.385. The summed E-state index contributed by atoms with van der Waals surface area (Å²) < 4.78 is 0. The summed E-state index contributed by atoms with van der Waals surface area (Å²) in [6.45, 7) is 7.97. The van der Waals surface area contributed by atoms with Gasteiger partial charge in [0.25, 0.3) is 0 Å². The van der Waals surface area contributed by atoms with Gasteiger partial charge in [-0.2, -0.15) is 0 Å². The Morgan fingerprint density at radius 2 is 1.79 bits per heavy atom. The molecule has 0 aliphatic rings. The van der Waals surface area contributed by atoms with Crippen LogP contribution in [0.15, 0.2) is 18.2 Å². The van der Waals surface area contributed by atoms with Crippen molar-refractivity contribution in [2.45, 2.75) is 32.6 Å². The molecule has 74 valence electrons. The third-order valence-electron chi connectivity index (χ3n) is 2.01. The maximum atomic E-state index is 5.98. The van der Waals surface area contributed by atoms with Crippen LogP contribution in [0.25, 0.3) is 0 Å². The summed E-state index contributed by atoms with van der Waals surface area (Å²) in [7, 11) is 0. The van der Waals surface area contributed by atoms with Crippen LogP contribution in [0.4, 0.5) is 0 Å². The van der Waals surface area contributed by atoms with Crippen LogP contribution in [0.2, 0.25) is 0 Å². The van der Waals surface area contributed by atoms with E-state index in [1.807, 2.05) is 19.9 Å². The molecule has 0 aliphatic heterocycles. The summed E-state index contributed by atoms with van der Waals surface area (Å²) in [5.41, 5.74) is 3.59. The highest BCUT2D eigenvalue weighted by Crippen LogP contribution is 2.12. The molecule has 14 heavy (non-hydrogen) atoms. The highest BCUT2D eigenvalue weighted by atomic mass is 35.5. The molecule has 1 heteroatoms. The molecule has 1 aromatic carbocycles. The first-order valence-electron chi connectivity index (χ1n) is 4.68. The zero-order valence-corrected chi connectivity index (χ0v) is 9.87. The summed E-state index contributed by atoms with van der Waals surface area (Å²) >= 11 is 5.98. The van der Waals surface area contributed by atoms with Gasteiger partial charge >= 0.3 is 0 Å². The zero-order valence-electron chi connectivity index (χ0n) is 9.11. The molecule has 0 radical (unpaired) electrons. The lowest BCUT2D eigenvalue weighted by Crippen LogP contribution is -2.04. The van der Waals surface area contributed by atoms with Crippen molar-refractivity contribution in [3.8, 4) is 11.8 Å². The summed E-state index contributed by atoms with van der Waals surface area (Å²) in [6, 6.07) is 6.20. The minimum absolute atomic E-state index is 0.446. The quantitative estimate of drug-likeness (QED) is 0.449. The second-order valence-corrected chi connectivity index (χ2v) is 4.97. The maximum absolute atomic E-state index is 5.98. The molecule has 0 bridgehead atoms. The molecule has 0 saturated heterocycles. The van der Waals surface area contributed by atoms with E-state index in [1.165, 1.54) is 11.1 Å². The lowest BCUT2D eigenvalue weighted by molar-refractivity contribution is 0.917. The lowest BCUT2D eigenvalue weighted by atomic mass is 10.1. The normalized spacial score (nSPS) is 10.6. The molecule has 0 N–H and O–H groups in total. The Morgan fingerprint density at radius 1 is 1.14 bits per heavy atom. The van der Waals surface area contributed by atoms with Crippen LogP contribution < -0.4 is 0 Å². The van der Waals surface area contributed by atoms with Gasteiger partial charge in [-0.25, -0.2) is 0 Å². The third-order valence-corrected chi connectivity index (χ3v) is 2.11. The number of halogens is 1. The molecular formula is C13H15Cl. The van der Waals surface area contributed by atoms with E-state index in [0.717, 1.165) is 5.56 Å². The van der Waals surface area contributed by atoms with E-state index in [1.54, 1.807) is 0 Å². The highest BCUT2D eigenvalue weighted by Gasteiger charge is 2.06. The monoisotopic (exact) mass is 206 g/mol. The van der Waals surface area contributed by atoms with Gasteiger partial charge in [0.15, 0.2) is 0 Å². The van der Waals surface area contributed by atoms with Gasteiger partial charge in [0.2, 0.25) is 0 Å². The van der Waals surface area contributed by atoms with E-state index in [2.05, 4.69) is 37.8 Å². The van der Waals surface area contributed by atoms with E-state index in [0.29, 0.717) is 0 Å². The number of hydrogen-bond donors (Lipinski definition) is 0. The Kier molecular flexibility index (Phi) is 3.24. The van der Waals surface area contributed by atoms with Crippen LogP contribution in [-0.2, 0) is 0 Å². The van der Waals surface area contributed by atoms with Gasteiger partial charge in [-0.1, -0.05) is 17.9 Å². The average molecular weight is 207 g/mol. The molecular weight excluding hydrogens is 192 g/mol. The Bertz CT molecular complexity index is 386. The third kappa shape index (κ3) is 3.44. The smallest absolute Gasteiger partial charge is 0.0997 e. The van der Waals surface area contributed by atoms with Crippen LogP contribution in [0, 0.1) is 25.7 Å². The Hall–Kier alpha value is -0.930. The van der Waals surface area contributed by atoms with Gasteiger partial charge < -0.3 is 0 Å². The van der Waals surface area contributed by atoms with E-state index in [4.69, 9.17) is 11.6 Å². The summed E-state index contributed by atoms with van der Waals surface area (Å²) in [4.78, 5) is -0.446. The predicted molar refractivity (Wildman–Crippen MR) is 62.7 cm³/mol. The molecule has 0 aliphatic carbocycles. The second kappa shape index (κ2) is 4.07. The molecule has 0 atom stereocenters. The Balaban J connectivity index is 2.98. The lowest BCUT2D eigenvalue weighted by Gasteiger charge is -2.04. The minimum Gasteiger partial charge on any atom is -0.106 e. The average Bonchev–Trinajstić information content (AvgIpc) is 2.06. The predicted octanol–water partition coefficient (Wildman–Crippen LogP) is 3.67. The van der Waals surface area contributed by atoms with Crippen molar-refractivity contribution in [1.29, 1.82) is 0 Å². The van der Waals surface area contributed by atoms with Gasteiger partial charge in [0, 0.05) is 5.56 Å². The van der Waals surface area contributed by atoms with Gasteiger partial charge in [0.05, 0.1) is 4.87 Å². The number of rotatable bonds is 0. The van der Waals surface area contributed by atoms with Crippen molar-refractivity contribution in [2.24, 2.45) is 0 Å². The standard InChI is InChI=1S/C13H15Cl/c1-10-5-6-12(9-11(10)2)7-8-13(3,4)14/h5-6,9H,1-4H3. The number of aryl methyl sites for hydroxylation is 2. The maximum Gasteiger partial charge on any atom is 0.0997 e. The number of benzene rings is 1. The Labute approximate surface area is 91.3 Å². The second-order valence-electron chi connectivity index (χ2n) is 4.02. The molecule has 0 unspecified atom stereocenters. The zero-order chi connectivity index (χ0) is 10.8. The fourth-order valence-electron chi connectivity index (χ4n) is 1.04. The molecule has 0 saturated carbocycles. The molecule has 0 fully saturated rings. The fourth-order valence-corrected chi connectivity index (χ4v) is 1.09. The van der Waals surface area contributed by atoms with E-state index in [9.17, 15) is 0 Å². The topological polar surface area (TPSA) is 0 Å². The molecule has 1 rings (SSSR count). The van der Waals surface area contributed by atoms with Gasteiger partial charge in [-0.3, -0.25) is 0 Å². The molecule has 0 nitrogen and oxygen atoms in total. The summed E-state index contributed by atoms with van der Waals surface area (Å²) in [5.74, 6) is 6.07. The highest BCUT2D eigenvalue weighted by molar-refractivity contribution is 6.25. The van der Waals surface area contributed by atoms with Crippen LogP contribution in [0.3, 0.4) is 0 Å². The van der Waals surface area contributed by atoms with Crippen LogP contribution in [0.1, 0.15) is 30.5 Å². The molecule has 1 aromatic rings. The number of hydrogen-bond acceptors (Lipinski definition) is 0. The van der Waals surface area contributed by atoms with Crippen molar-refractivity contribution in [2.75, 3.05) is 0 Å². The first-order chi connectivity index (χ1) is 6.38. The van der Waals surface area contributed by atoms with Gasteiger partial charge in [0.1, 0.15) is 0 Å². The van der Waals surface area contributed by atoms with Crippen LogP contribution in [-0.4, -0.2) is 4.87 Å². The summed E-state index contributed by atoms with van der Waals surface area (Å²) in [5, 5.41) is 0. The van der Waals surface area contributed by atoms with Crippen molar-refractivity contribution >= 4 is 11.6 Å². The molecule has 0 amide bonds. The van der Waals surface area contributed by atoms with Crippen molar-refractivity contribution in [1.82, 2.24) is 0 Å². The van der Waals surface area contributed by atoms with Gasteiger partial charge in [-0.15, -0.1) is 11.6 Å². The van der Waals surface area contributed by atoms with E-state index < -0.39 is 4.87 Å². The van der Waals surface area contributed by atoms with Crippen molar-refractivity contribution in [3.63, 3.8) is 0 Å². The summed E-state index contributed by atoms with van der Waals surface area (Å²) in [6.07, 6.45) is 0. The first kappa shape index (κ1) is 11.1. The number of alkyl halides is 1. The SMILES string of the molecule is Cc1ccc(C#CC(C)(C)Cl)cc1C. The van der Waals surface area contributed by atoms with Crippen LogP contribution in [0.5, 0.6) is 0 Å². The van der Waals surface area contributed by atoms with E-state index >= 15 is 0 Å². The molecule has 0 heterocycles. The minimum atomic E-state index is -0.446. The van der Waals surface area contributed by atoms with Crippen LogP contribution >= 0.6 is 11.6 Å².